The topological polar surface area (TPSA) is 67.4 Å². The highest BCUT2D eigenvalue weighted by atomic mass is 16.6. The summed E-state index contributed by atoms with van der Waals surface area (Å²) in [5.74, 6) is 0.618. The Labute approximate surface area is 106 Å². The molecule has 7 nitrogen and oxygen atoms in total. The smallest absolute Gasteiger partial charge is 0.343 e. The molecule has 0 unspecified atom stereocenters. The van der Waals surface area contributed by atoms with Gasteiger partial charge in [-0.15, -0.1) is 0 Å². The molecule has 0 atom stereocenters. The third-order valence-corrected chi connectivity index (χ3v) is 2.35. The van der Waals surface area contributed by atoms with E-state index in [1.54, 1.807) is 10.6 Å². The molecule has 18 heavy (non-hydrogen) atoms. The van der Waals surface area contributed by atoms with Crippen LogP contribution >= 0.6 is 0 Å². The Bertz CT molecular complexity index is 437. The van der Waals surface area contributed by atoms with Gasteiger partial charge in [0.1, 0.15) is 12.7 Å². The van der Waals surface area contributed by atoms with E-state index in [0.29, 0.717) is 12.4 Å². The molecular weight excluding hydrogens is 234 g/mol. The van der Waals surface area contributed by atoms with Gasteiger partial charge in [-0.1, -0.05) is 0 Å². The van der Waals surface area contributed by atoms with Gasteiger partial charge in [0.2, 0.25) is 5.82 Å². The monoisotopic (exact) mass is 253 g/mol. The van der Waals surface area contributed by atoms with Crippen molar-refractivity contribution in [3.05, 3.63) is 28.3 Å². The Morgan fingerprint density at radius 3 is 2.61 bits per heavy atom. The Morgan fingerprint density at radius 1 is 1.44 bits per heavy atom. The van der Waals surface area contributed by atoms with Crippen LogP contribution in [0.4, 0.5) is 5.82 Å². The Morgan fingerprint density at radius 2 is 2.11 bits per heavy atom. The number of nitrogens with zero attached hydrogens (tertiary/aromatic N) is 5. The highest BCUT2D eigenvalue weighted by Gasteiger charge is 2.18. The molecule has 0 bridgehead atoms. The largest absolute Gasteiger partial charge is 0.383 e. The normalized spacial score (nSPS) is 11.4. The van der Waals surface area contributed by atoms with Gasteiger partial charge in [-0.05, 0) is 19.0 Å². The van der Waals surface area contributed by atoms with Gasteiger partial charge in [0.15, 0.2) is 0 Å². The minimum absolute atomic E-state index is 0.0234. The summed E-state index contributed by atoms with van der Waals surface area (Å²) < 4.78 is 1.61. The maximum atomic E-state index is 10.9. The van der Waals surface area contributed by atoms with Gasteiger partial charge < -0.3 is 19.9 Å². The summed E-state index contributed by atoms with van der Waals surface area (Å²) in [4.78, 5) is 18.4. The summed E-state index contributed by atoms with van der Waals surface area (Å²) in [6.07, 6.45) is 4.88. The number of hydrogen-bond donors (Lipinski definition) is 0. The van der Waals surface area contributed by atoms with E-state index in [1.807, 2.05) is 44.2 Å². The van der Waals surface area contributed by atoms with Gasteiger partial charge in [0.05, 0.1) is 0 Å². The van der Waals surface area contributed by atoms with Crippen LogP contribution in [0.1, 0.15) is 5.82 Å². The molecule has 0 aliphatic carbocycles. The van der Waals surface area contributed by atoms with Crippen molar-refractivity contribution in [2.24, 2.45) is 0 Å². The van der Waals surface area contributed by atoms with Crippen molar-refractivity contribution in [2.45, 2.75) is 6.54 Å². The minimum Gasteiger partial charge on any atom is -0.383 e. The fourth-order valence-corrected chi connectivity index (χ4v) is 1.40. The number of hydrogen-bond acceptors (Lipinski definition) is 5. The summed E-state index contributed by atoms with van der Waals surface area (Å²) in [7, 11) is 7.63. The van der Waals surface area contributed by atoms with Gasteiger partial charge in [0.25, 0.3) is 0 Å². The van der Waals surface area contributed by atoms with Crippen molar-refractivity contribution in [3.63, 3.8) is 0 Å². The number of nitro groups is 1. The second-order valence-corrected chi connectivity index (χ2v) is 4.47. The molecule has 1 heterocycles. The molecule has 100 valence electrons. The van der Waals surface area contributed by atoms with E-state index < -0.39 is 4.92 Å². The van der Waals surface area contributed by atoms with E-state index >= 15 is 0 Å². The van der Waals surface area contributed by atoms with Crippen LogP contribution in [0.5, 0.6) is 0 Å². The molecule has 0 aromatic carbocycles. The zero-order valence-electron chi connectivity index (χ0n) is 11.2. The molecule has 1 aromatic rings. The summed E-state index contributed by atoms with van der Waals surface area (Å²) >= 11 is 0. The maximum absolute atomic E-state index is 10.9. The van der Waals surface area contributed by atoms with Gasteiger partial charge >= 0.3 is 5.82 Å². The second-order valence-electron chi connectivity index (χ2n) is 4.47. The van der Waals surface area contributed by atoms with Crippen LogP contribution in [0.15, 0.2) is 12.4 Å². The van der Waals surface area contributed by atoms with E-state index in [1.165, 1.54) is 6.20 Å². The van der Waals surface area contributed by atoms with Crippen LogP contribution in [0.2, 0.25) is 0 Å². The predicted molar refractivity (Wildman–Crippen MR) is 70.2 cm³/mol. The van der Waals surface area contributed by atoms with Crippen molar-refractivity contribution < 1.29 is 4.92 Å². The maximum Gasteiger partial charge on any atom is 0.343 e. The van der Waals surface area contributed by atoms with Crippen LogP contribution in [0.25, 0.3) is 6.08 Å². The fraction of sp³-hybridized carbons (Fsp3) is 0.545. The fourth-order valence-electron chi connectivity index (χ4n) is 1.40. The van der Waals surface area contributed by atoms with E-state index in [4.69, 9.17) is 0 Å². The highest BCUT2D eigenvalue weighted by Crippen LogP contribution is 2.15. The molecule has 0 amide bonds. The van der Waals surface area contributed by atoms with Crippen molar-refractivity contribution in [3.8, 4) is 0 Å². The lowest BCUT2D eigenvalue weighted by atomic mass is 10.5. The van der Waals surface area contributed by atoms with Crippen LogP contribution < -0.4 is 0 Å². The SMILES string of the molecule is CN(C)/C=C/c1ncc([N+](=O)[O-])n1CCN(C)C. The van der Waals surface area contributed by atoms with E-state index in [-0.39, 0.29) is 5.82 Å². The summed E-state index contributed by atoms with van der Waals surface area (Å²) in [5.41, 5.74) is 0. The first-order valence-corrected chi connectivity index (χ1v) is 5.61. The lowest BCUT2D eigenvalue weighted by molar-refractivity contribution is -0.392. The first-order valence-electron chi connectivity index (χ1n) is 5.61. The molecular formula is C11H19N5O2. The van der Waals surface area contributed by atoms with Crippen LogP contribution in [0.3, 0.4) is 0 Å². The third-order valence-electron chi connectivity index (χ3n) is 2.35. The summed E-state index contributed by atoms with van der Waals surface area (Å²) in [6, 6.07) is 0. The first-order chi connectivity index (χ1) is 8.41. The lowest BCUT2D eigenvalue weighted by Crippen LogP contribution is -2.19. The van der Waals surface area contributed by atoms with Crippen LogP contribution in [-0.4, -0.2) is 59.0 Å². The van der Waals surface area contributed by atoms with Crippen molar-refractivity contribution >= 4 is 11.9 Å². The standard InChI is InChI=1S/C11H19N5O2/c1-13(2)6-5-10-12-9-11(16(17)18)15(10)8-7-14(3)4/h5-6,9H,7-8H2,1-4H3/b6-5+. The average molecular weight is 253 g/mol. The number of aromatic nitrogens is 2. The average Bonchev–Trinajstić information content (AvgIpc) is 2.66. The summed E-state index contributed by atoms with van der Waals surface area (Å²) in [6.45, 7) is 1.26. The van der Waals surface area contributed by atoms with Crippen LogP contribution in [0, 0.1) is 10.1 Å². The Balaban J connectivity index is 2.99. The van der Waals surface area contributed by atoms with Crippen LogP contribution in [-0.2, 0) is 6.54 Å². The molecule has 7 heteroatoms. The first kappa shape index (κ1) is 14.2. The molecule has 1 aromatic heterocycles. The molecule has 0 saturated heterocycles. The second kappa shape index (κ2) is 6.15. The number of rotatable bonds is 6. The molecule has 0 spiro atoms. The van der Waals surface area contributed by atoms with Crippen molar-refractivity contribution in [1.29, 1.82) is 0 Å². The molecule has 0 aliphatic heterocycles. The molecule has 0 radical (unpaired) electrons. The van der Waals surface area contributed by atoms with Crippen molar-refractivity contribution in [1.82, 2.24) is 19.4 Å². The zero-order chi connectivity index (χ0) is 13.7. The number of imidazole rings is 1. The molecule has 0 saturated carbocycles. The van der Waals surface area contributed by atoms with E-state index in [9.17, 15) is 10.1 Å². The van der Waals surface area contributed by atoms with Crippen molar-refractivity contribution in [2.75, 3.05) is 34.7 Å². The van der Waals surface area contributed by atoms with Gasteiger partial charge in [-0.2, -0.15) is 0 Å². The predicted octanol–water partition coefficient (Wildman–Crippen LogP) is 0.885. The van der Waals surface area contributed by atoms with Gasteiger partial charge in [-0.25, -0.2) is 9.55 Å². The lowest BCUT2D eigenvalue weighted by Gasteiger charge is -2.09. The molecule has 0 N–H and O–H groups in total. The Kier molecular flexibility index (Phi) is 4.85. The minimum atomic E-state index is -0.407. The molecule has 1 rings (SSSR count). The van der Waals surface area contributed by atoms with Gasteiger partial charge in [-0.3, -0.25) is 0 Å². The van der Waals surface area contributed by atoms with E-state index in [0.717, 1.165) is 6.54 Å². The molecule has 0 fully saturated rings. The molecule has 0 aliphatic rings. The summed E-state index contributed by atoms with van der Waals surface area (Å²) in [5, 5.41) is 10.9. The van der Waals surface area contributed by atoms with E-state index in [2.05, 4.69) is 4.98 Å². The quantitative estimate of drug-likeness (QED) is 0.556. The third kappa shape index (κ3) is 3.85. The number of likely N-dealkylation sites (N-methyl/N-ethyl adjacent to an activating group) is 1. The highest BCUT2D eigenvalue weighted by molar-refractivity contribution is 5.43. The van der Waals surface area contributed by atoms with Gasteiger partial charge in [0, 0.05) is 32.9 Å². The zero-order valence-corrected chi connectivity index (χ0v) is 11.2. The Hall–Kier alpha value is -1.89.